The SMILES string of the molecule is CC(O)C(N)C(c1ccccc1)N(N)Cc1ccc(-c2ccccn2)cc1. The zero-order chi connectivity index (χ0) is 19.2. The number of aliphatic hydroxyl groups excluding tert-OH is 1. The summed E-state index contributed by atoms with van der Waals surface area (Å²) < 4.78 is 0. The lowest BCUT2D eigenvalue weighted by atomic mass is 9.95. The highest BCUT2D eigenvalue weighted by atomic mass is 16.3. The van der Waals surface area contributed by atoms with Crippen LogP contribution >= 0.6 is 0 Å². The van der Waals surface area contributed by atoms with E-state index in [0.29, 0.717) is 6.54 Å². The number of benzene rings is 2. The molecule has 0 saturated carbocycles. The summed E-state index contributed by atoms with van der Waals surface area (Å²) in [6.07, 6.45) is 1.11. The van der Waals surface area contributed by atoms with Crippen LogP contribution in [0.3, 0.4) is 0 Å². The van der Waals surface area contributed by atoms with Crippen LogP contribution in [0.5, 0.6) is 0 Å². The van der Waals surface area contributed by atoms with Gasteiger partial charge in [-0.15, -0.1) is 0 Å². The molecule has 1 aromatic heterocycles. The second-order valence-corrected chi connectivity index (χ2v) is 6.76. The van der Waals surface area contributed by atoms with E-state index in [-0.39, 0.29) is 6.04 Å². The lowest BCUT2D eigenvalue weighted by Crippen LogP contribution is -2.49. The lowest BCUT2D eigenvalue weighted by Gasteiger charge is -2.34. The van der Waals surface area contributed by atoms with Crippen molar-refractivity contribution >= 4 is 0 Å². The fourth-order valence-corrected chi connectivity index (χ4v) is 3.17. The molecule has 0 amide bonds. The third kappa shape index (κ3) is 4.78. The van der Waals surface area contributed by atoms with Crippen molar-refractivity contribution in [1.82, 2.24) is 9.99 Å². The van der Waals surface area contributed by atoms with Crippen LogP contribution in [0.15, 0.2) is 79.0 Å². The van der Waals surface area contributed by atoms with Gasteiger partial charge in [-0.3, -0.25) is 10.8 Å². The molecule has 0 aliphatic rings. The molecule has 1 heterocycles. The first-order chi connectivity index (χ1) is 13.1. The summed E-state index contributed by atoms with van der Waals surface area (Å²) >= 11 is 0. The monoisotopic (exact) mass is 362 g/mol. The van der Waals surface area contributed by atoms with Gasteiger partial charge in [0.25, 0.3) is 0 Å². The van der Waals surface area contributed by atoms with E-state index in [1.54, 1.807) is 18.1 Å². The molecule has 0 radical (unpaired) electrons. The molecule has 0 aliphatic heterocycles. The smallest absolute Gasteiger partial charge is 0.0701 e. The Labute approximate surface area is 160 Å². The molecule has 5 N–H and O–H groups in total. The molecule has 0 bridgehead atoms. The summed E-state index contributed by atoms with van der Waals surface area (Å²) in [7, 11) is 0. The topological polar surface area (TPSA) is 88.4 Å². The van der Waals surface area contributed by atoms with Gasteiger partial charge in [0.2, 0.25) is 0 Å². The Morgan fingerprint density at radius 2 is 1.63 bits per heavy atom. The molecule has 27 heavy (non-hydrogen) atoms. The summed E-state index contributed by atoms with van der Waals surface area (Å²) in [6, 6.07) is 23.1. The summed E-state index contributed by atoms with van der Waals surface area (Å²) in [5, 5.41) is 11.7. The molecule has 3 unspecified atom stereocenters. The number of hydrogen-bond acceptors (Lipinski definition) is 5. The average Bonchev–Trinajstić information content (AvgIpc) is 2.70. The van der Waals surface area contributed by atoms with E-state index in [1.807, 2.05) is 72.8 Å². The van der Waals surface area contributed by atoms with Gasteiger partial charge in [-0.05, 0) is 30.2 Å². The third-order valence-electron chi connectivity index (χ3n) is 4.70. The van der Waals surface area contributed by atoms with Gasteiger partial charge in [0.15, 0.2) is 0 Å². The first-order valence-corrected chi connectivity index (χ1v) is 9.06. The Morgan fingerprint density at radius 3 is 2.22 bits per heavy atom. The first-order valence-electron chi connectivity index (χ1n) is 9.06. The van der Waals surface area contributed by atoms with Crippen LogP contribution < -0.4 is 11.6 Å². The molecule has 3 atom stereocenters. The molecule has 0 saturated heterocycles. The quantitative estimate of drug-likeness (QED) is 0.444. The minimum atomic E-state index is -0.673. The standard InChI is InChI=1S/C22H26N4O/c1-16(27)21(23)22(19-7-3-2-4-8-19)26(24)15-17-10-12-18(13-11-17)20-9-5-6-14-25-20/h2-14,16,21-22,27H,15,23-24H2,1H3. The first kappa shape index (κ1) is 19.2. The number of aliphatic hydroxyl groups is 1. The van der Waals surface area contributed by atoms with Gasteiger partial charge < -0.3 is 10.8 Å². The number of aromatic nitrogens is 1. The molecule has 0 spiro atoms. The highest BCUT2D eigenvalue weighted by Gasteiger charge is 2.28. The number of nitrogens with zero attached hydrogens (tertiary/aromatic N) is 2. The fourth-order valence-electron chi connectivity index (χ4n) is 3.17. The number of pyridine rings is 1. The van der Waals surface area contributed by atoms with E-state index in [9.17, 15) is 5.11 Å². The molecule has 2 aromatic carbocycles. The fraction of sp³-hybridized carbons (Fsp3) is 0.227. The van der Waals surface area contributed by atoms with E-state index in [1.165, 1.54) is 0 Å². The van der Waals surface area contributed by atoms with Crippen LogP contribution in [-0.2, 0) is 6.54 Å². The third-order valence-corrected chi connectivity index (χ3v) is 4.70. The zero-order valence-electron chi connectivity index (χ0n) is 15.4. The molecule has 140 valence electrons. The summed E-state index contributed by atoms with van der Waals surface area (Å²) in [5.41, 5.74) is 10.3. The highest BCUT2D eigenvalue weighted by molar-refractivity contribution is 5.58. The minimum absolute atomic E-state index is 0.290. The normalized spacial score (nSPS) is 14.7. The Kier molecular flexibility index (Phi) is 6.32. The van der Waals surface area contributed by atoms with Crippen LogP contribution in [0.1, 0.15) is 24.1 Å². The van der Waals surface area contributed by atoms with Crippen molar-refractivity contribution in [2.75, 3.05) is 0 Å². The zero-order valence-corrected chi connectivity index (χ0v) is 15.4. The van der Waals surface area contributed by atoms with Crippen LogP contribution in [-0.4, -0.2) is 27.2 Å². The predicted octanol–water partition coefficient (Wildman–Crippen LogP) is 2.87. The summed E-state index contributed by atoms with van der Waals surface area (Å²) in [5.74, 6) is 6.40. The number of nitrogens with two attached hydrogens (primary N) is 2. The van der Waals surface area contributed by atoms with Gasteiger partial charge >= 0.3 is 0 Å². The van der Waals surface area contributed by atoms with Crippen molar-refractivity contribution in [2.24, 2.45) is 11.6 Å². The lowest BCUT2D eigenvalue weighted by molar-refractivity contribution is 0.0829. The van der Waals surface area contributed by atoms with Gasteiger partial charge in [-0.1, -0.05) is 60.7 Å². The van der Waals surface area contributed by atoms with Gasteiger partial charge in [-0.2, -0.15) is 0 Å². The minimum Gasteiger partial charge on any atom is -0.392 e. The molecular formula is C22H26N4O. The van der Waals surface area contributed by atoms with Gasteiger partial charge in [0, 0.05) is 18.3 Å². The van der Waals surface area contributed by atoms with E-state index >= 15 is 0 Å². The van der Waals surface area contributed by atoms with Gasteiger partial charge in [-0.25, -0.2) is 5.01 Å². The summed E-state index contributed by atoms with van der Waals surface area (Å²) in [4.78, 5) is 4.37. The Morgan fingerprint density at radius 1 is 0.963 bits per heavy atom. The highest BCUT2D eigenvalue weighted by Crippen LogP contribution is 2.25. The van der Waals surface area contributed by atoms with Crippen LogP contribution in [0.25, 0.3) is 11.3 Å². The Bertz CT molecular complexity index is 822. The molecule has 3 aromatic rings. The van der Waals surface area contributed by atoms with E-state index < -0.39 is 12.1 Å². The van der Waals surface area contributed by atoms with E-state index in [0.717, 1.165) is 22.4 Å². The maximum atomic E-state index is 10.0. The second kappa shape index (κ2) is 8.88. The van der Waals surface area contributed by atoms with E-state index in [2.05, 4.69) is 4.98 Å². The van der Waals surface area contributed by atoms with Gasteiger partial charge in [0.1, 0.15) is 0 Å². The predicted molar refractivity (Wildman–Crippen MR) is 108 cm³/mol. The van der Waals surface area contributed by atoms with Crippen molar-refractivity contribution in [1.29, 1.82) is 0 Å². The number of hydrazine groups is 1. The van der Waals surface area contributed by atoms with Crippen molar-refractivity contribution < 1.29 is 5.11 Å². The average molecular weight is 362 g/mol. The number of rotatable bonds is 7. The Balaban J connectivity index is 1.78. The molecule has 5 nitrogen and oxygen atoms in total. The van der Waals surface area contributed by atoms with Crippen molar-refractivity contribution in [2.45, 2.75) is 31.7 Å². The molecule has 3 rings (SSSR count). The Hall–Kier alpha value is -2.57. The van der Waals surface area contributed by atoms with Gasteiger partial charge in [0.05, 0.1) is 23.9 Å². The van der Waals surface area contributed by atoms with Crippen molar-refractivity contribution in [3.05, 3.63) is 90.1 Å². The van der Waals surface area contributed by atoms with Crippen LogP contribution in [0, 0.1) is 0 Å². The molecular weight excluding hydrogens is 336 g/mol. The molecule has 0 fully saturated rings. The second-order valence-electron chi connectivity index (χ2n) is 6.76. The maximum Gasteiger partial charge on any atom is 0.0701 e. The van der Waals surface area contributed by atoms with Crippen LogP contribution in [0.4, 0.5) is 0 Å². The molecule has 0 aliphatic carbocycles. The number of hydrogen-bond donors (Lipinski definition) is 3. The van der Waals surface area contributed by atoms with Crippen LogP contribution in [0.2, 0.25) is 0 Å². The van der Waals surface area contributed by atoms with Crippen molar-refractivity contribution in [3.8, 4) is 11.3 Å². The molecule has 5 heteroatoms. The summed E-state index contributed by atoms with van der Waals surface area (Å²) in [6.45, 7) is 2.21. The maximum absolute atomic E-state index is 10.0. The van der Waals surface area contributed by atoms with Crippen molar-refractivity contribution in [3.63, 3.8) is 0 Å². The van der Waals surface area contributed by atoms with E-state index in [4.69, 9.17) is 11.6 Å². The largest absolute Gasteiger partial charge is 0.392 e.